The van der Waals surface area contributed by atoms with E-state index in [2.05, 4.69) is 5.10 Å². The van der Waals surface area contributed by atoms with E-state index in [0.717, 1.165) is 23.7 Å². The fourth-order valence-electron chi connectivity index (χ4n) is 1.31. The Kier molecular flexibility index (Phi) is 5.70. The highest BCUT2D eigenvalue weighted by molar-refractivity contribution is 8.13. The largest absolute Gasteiger partial charge is 0.410 e. The third kappa shape index (κ3) is 4.77. The maximum absolute atomic E-state index is 11.2. The van der Waals surface area contributed by atoms with Crippen LogP contribution in [0.15, 0.2) is 11.1 Å². The standard InChI is InChI=1S/C9H14ClN3O5S/c1-2-3-5-18-6-4-12-7-8(19(10,16)17)9(11-12)13(14)15/h7H,2-6H2,1H3. The minimum absolute atomic E-state index is 0.219. The highest BCUT2D eigenvalue weighted by Crippen LogP contribution is 2.24. The van der Waals surface area contributed by atoms with Crippen LogP contribution in [0.1, 0.15) is 19.8 Å². The van der Waals surface area contributed by atoms with Crippen molar-refractivity contribution in [3.05, 3.63) is 16.3 Å². The van der Waals surface area contributed by atoms with Crippen molar-refractivity contribution < 1.29 is 18.1 Å². The van der Waals surface area contributed by atoms with E-state index in [1.807, 2.05) is 6.92 Å². The number of nitro groups is 1. The zero-order valence-corrected chi connectivity index (χ0v) is 11.9. The van der Waals surface area contributed by atoms with Gasteiger partial charge in [0, 0.05) is 17.3 Å². The first-order chi connectivity index (χ1) is 8.86. The summed E-state index contributed by atoms with van der Waals surface area (Å²) in [6, 6.07) is 0. The van der Waals surface area contributed by atoms with Crippen molar-refractivity contribution in [1.82, 2.24) is 9.78 Å². The van der Waals surface area contributed by atoms with Crippen LogP contribution in [0.25, 0.3) is 0 Å². The third-order valence-corrected chi connectivity index (χ3v) is 3.56. The number of rotatable bonds is 8. The van der Waals surface area contributed by atoms with E-state index >= 15 is 0 Å². The molecule has 0 aromatic carbocycles. The Labute approximate surface area is 114 Å². The second-order valence-corrected chi connectivity index (χ2v) is 6.28. The summed E-state index contributed by atoms with van der Waals surface area (Å²) in [6.45, 7) is 3.12. The lowest BCUT2D eigenvalue weighted by molar-refractivity contribution is -0.392. The average molecular weight is 312 g/mol. The fourth-order valence-corrected chi connectivity index (χ4v) is 2.22. The maximum Gasteiger partial charge on any atom is 0.410 e. The molecule has 0 unspecified atom stereocenters. The van der Waals surface area contributed by atoms with Gasteiger partial charge < -0.3 is 14.9 Å². The first-order valence-electron chi connectivity index (χ1n) is 5.60. The van der Waals surface area contributed by atoms with Crippen molar-refractivity contribution in [3.63, 3.8) is 0 Å². The molecule has 10 heteroatoms. The van der Waals surface area contributed by atoms with Gasteiger partial charge in [0.25, 0.3) is 9.05 Å². The molecule has 0 bridgehead atoms. The predicted molar refractivity (Wildman–Crippen MR) is 67.6 cm³/mol. The van der Waals surface area contributed by atoms with Crippen LogP contribution in [0.5, 0.6) is 0 Å². The van der Waals surface area contributed by atoms with Gasteiger partial charge in [-0.1, -0.05) is 13.3 Å². The topological polar surface area (TPSA) is 104 Å². The fraction of sp³-hybridized carbons (Fsp3) is 0.667. The third-order valence-electron chi connectivity index (χ3n) is 2.25. The van der Waals surface area contributed by atoms with Gasteiger partial charge in [-0.05, 0) is 11.3 Å². The van der Waals surface area contributed by atoms with Crippen LogP contribution in [-0.2, 0) is 20.3 Å². The first-order valence-corrected chi connectivity index (χ1v) is 7.91. The van der Waals surface area contributed by atoms with Crippen LogP contribution >= 0.6 is 10.7 Å². The zero-order valence-electron chi connectivity index (χ0n) is 10.3. The van der Waals surface area contributed by atoms with Crippen molar-refractivity contribution >= 4 is 25.6 Å². The van der Waals surface area contributed by atoms with Crippen LogP contribution in [0.4, 0.5) is 5.82 Å². The Bertz CT molecular complexity index is 542. The van der Waals surface area contributed by atoms with E-state index in [0.29, 0.717) is 13.2 Å². The summed E-state index contributed by atoms with van der Waals surface area (Å²) in [5.74, 6) is -0.774. The number of hydrogen-bond donors (Lipinski definition) is 0. The molecule has 0 N–H and O–H groups in total. The number of ether oxygens (including phenoxy) is 1. The highest BCUT2D eigenvalue weighted by Gasteiger charge is 2.29. The Balaban J connectivity index is 2.74. The molecule has 19 heavy (non-hydrogen) atoms. The normalized spacial score (nSPS) is 11.7. The summed E-state index contributed by atoms with van der Waals surface area (Å²) in [4.78, 5) is 9.18. The predicted octanol–water partition coefficient (Wildman–Crippen LogP) is 1.54. The van der Waals surface area contributed by atoms with Crippen molar-refractivity contribution in [1.29, 1.82) is 0 Å². The lowest BCUT2D eigenvalue weighted by Crippen LogP contribution is -2.07. The van der Waals surface area contributed by atoms with E-state index in [9.17, 15) is 18.5 Å². The average Bonchev–Trinajstić information content (AvgIpc) is 2.73. The lowest BCUT2D eigenvalue weighted by Gasteiger charge is -2.00. The molecule has 1 aromatic rings. The van der Waals surface area contributed by atoms with Gasteiger partial charge >= 0.3 is 5.82 Å². The first kappa shape index (κ1) is 15.9. The second-order valence-electron chi connectivity index (χ2n) is 3.74. The van der Waals surface area contributed by atoms with Crippen LogP contribution in [0, 0.1) is 10.1 Å². The van der Waals surface area contributed by atoms with Crippen LogP contribution in [0.2, 0.25) is 0 Å². The summed E-state index contributed by atoms with van der Waals surface area (Å²) in [7, 11) is 0.916. The van der Waals surface area contributed by atoms with Crippen LogP contribution in [-0.4, -0.2) is 36.3 Å². The van der Waals surface area contributed by atoms with E-state index in [-0.39, 0.29) is 6.54 Å². The molecular formula is C9H14ClN3O5S. The molecular weight excluding hydrogens is 298 g/mol. The van der Waals surface area contributed by atoms with Gasteiger partial charge in [-0.3, -0.25) is 0 Å². The van der Waals surface area contributed by atoms with Crippen molar-refractivity contribution in [2.45, 2.75) is 31.2 Å². The van der Waals surface area contributed by atoms with Crippen LogP contribution < -0.4 is 0 Å². The number of halogens is 1. The van der Waals surface area contributed by atoms with Gasteiger partial charge in [-0.2, -0.15) is 4.68 Å². The summed E-state index contributed by atoms with van der Waals surface area (Å²) in [6.07, 6.45) is 2.95. The minimum atomic E-state index is -4.19. The molecule has 0 amide bonds. The molecule has 0 aliphatic rings. The monoisotopic (exact) mass is 311 g/mol. The van der Waals surface area contributed by atoms with Gasteiger partial charge in [0.15, 0.2) is 0 Å². The quantitative estimate of drug-likeness (QED) is 0.312. The second kappa shape index (κ2) is 6.83. The summed E-state index contributed by atoms with van der Waals surface area (Å²) in [5, 5.41) is 14.2. The van der Waals surface area contributed by atoms with Gasteiger partial charge in [0.2, 0.25) is 4.90 Å². The minimum Gasteiger partial charge on any atom is -0.379 e. The number of nitrogens with zero attached hydrogens (tertiary/aromatic N) is 3. The number of aromatic nitrogens is 2. The van der Waals surface area contributed by atoms with E-state index in [4.69, 9.17) is 15.4 Å². The Morgan fingerprint density at radius 3 is 2.68 bits per heavy atom. The van der Waals surface area contributed by atoms with Gasteiger partial charge in [0.1, 0.15) is 0 Å². The number of hydrogen-bond acceptors (Lipinski definition) is 6. The molecule has 0 spiro atoms. The van der Waals surface area contributed by atoms with E-state index < -0.39 is 24.7 Å². The maximum atomic E-state index is 11.2. The van der Waals surface area contributed by atoms with Crippen molar-refractivity contribution in [3.8, 4) is 0 Å². The molecule has 0 aliphatic heterocycles. The summed E-state index contributed by atoms with van der Waals surface area (Å²) >= 11 is 0. The summed E-state index contributed by atoms with van der Waals surface area (Å²) < 4.78 is 28.7. The molecule has 108 valence electrons. The molecule has 8 nitrogen and oxygen atoms in total. The van der Waals surface area contributed by atoms with Gasteiger partial charge in [0.05, 0.1) is 24.4 Å². The Morgan fingerprint density at radius 1 is 1.53 bits per heavy atom. The molecule has 0 saturated heterocycles. The molecule has 0 fully saturated rings. The highest BCUT2D eigenvalue weighted by atomic mass is 35.7. The van der Waals surface area contributed by atoms with Gasteiger partial charge in [-0.25, -0.2) is 8.42 Å². The number of unbranched alkanes of at least 4 members (excludes halogenated alkanes) is 1. The summed E-state index contributed by atoms with van der Waals surface area (Å²) in [5.41, 5.74) is 0. The molecule has 1 aromatic heterocycles. The van der Waals surface area contributed by atoms with Crippen molar-refractivity contribution in [2.24, 2.45) is 0 Å². The smallest absolute Gasteiger partial charge is 0.379 e. The van der Waals surface area contributed by atoms with Crippen molar-refractivity contribution in [2.75, 3.05) is 13.2 Å². The Morgan fingerprint density at radius 2 is 2.21 bits per heavy atom. The molecule has 0 atom stereocenters. The molecule has 0 saturated carbocycles. The van der Waals surface area contributed by atoms with Gasteiger partial charge in [-0.15, -0.1) is 0 Å². The zero-order chi connectivity index (χ0) is 14.5. The molecule has 1 heterocycles. The molecule has 1 rings (SSSR count). The molecule has 0 radical (unpaired) electrons. The van der Waals surface area contributed by atoms with Crippen LogP contribution in [0.3, 0.4) is 0 Å². The SMILES string of the molecule is CCCCOCCn1cc(S(=O)(=O)Cl)c([N+](=O)[O-])n1. The molecule has 0 aliphatic carbocycles. The van der Waals surface area contributed by atoms with E-state index in [1.165, 1.54) is 0 Å². The lowest BCUT2D eigenvalue weighted by atomic mass is 10.4. The Hall–Kier alpha value is -1.19. The van der Waals surface area contributed by atoms with E-state index in [1.54, 1.807) is 0 Å².